The molecule has 0 spiro atoms. The van der Waals surface area contributed by atoms with Crippen LogP contribution in [0.25, 0.3) is 11.4 Å². The summed E-state index contributed by atoms with van der Waals surface area (Å²) in [5.41, 5.74) is -1.17. The number of hydrogen-bond donors (Lipinski definition) is 2. The van der Waals surface area contributed by atoms with Crippen LogP contribution in [0.1, 0.15) is 22.5 Å². The Bertz CT molecular complexity index is 632. The van der Waals surface area contributed by atoms with Crippen LogP contribution in [0.4, 0.5) is 8.78 Å². The molecule has 2 N–H and O–H groups in total. The lowest BCUT2D eigenvalue weighted by molar-refractivity contribution is 0.0681. The van der Waals surface area contributed by atoms with Crippen molar-refractivity contribution in [3.63, 3.8) is 0 Å². The van der Waals surface area contributed by atoms with E-state index in [9.17, 15) is 18.7 Å². The first-order chi connectivity index (χ1) is 8.99. The van der Waals surface area contributed by atoms with Crippen LogP contribution in [0, 0.1) is 0 Å². The van der Waals surface area contributed by atoms with Crippen molar-refractivity contribution < 1.29 is 23.8 Å². The lowest BCUT2D eigenvalue weighted by Gasteiger charge is -2.06. The summed E-state index contributed by atoms with van der Waals surface area (Å²) in [6.45, 7) is 0. The molecule has 0 unspecified atom stereocenters. The molecular weight excluding hydrogens is 258 g/mol. The topological polar surface area (TPSA) is 83.3 Å². The van der Waals surface area contributed by atoms with Crippen LogP contribution < -0.4 is 0 Å². The lowest BCUT2D eigenvalue weighted by atomic mass is 10.1. The summed E-state index contributed by atoms with van der Waals surface area (Å²) in [5, 5.41) is 18.1. The highest BCUT2D eigenvalue weighted by atomic mass is 19.3. The summed E-state index contributed by atoms with van der Waals surface area (Å²) in [7, 11) is 0. The average molecular weight is 266 g/mol. The average Bonchev–Trinajstić information content (AvgIpc) is 2.37. The van der Waals surface area contributed by atoms with Gasteiger partial charge in [0.1, 0.15) is 17.0 Å². The van der Waals surface area contributed by atoms with Crippen LogP contribution in [-0.2, 0) is 0 Å². The van der Waals surface area contributed by atoms with Crippen LogP contribution in [0.2, 0.25) is 0 Å². The fraction of sp³-hybridized carbons (Fsp3) is 0.0833. The maximum atomic E-state index is 12.8. The quantitative estimate of drug-likeness (QED) is 0.891. The number of nitrogens with zero attached hydrogens (tertiary/aromatic N) is 2. The first kappa shape index (κ1) is 12.9. The zero-order valence-electron chi connectivity index (χ0n) is 9.42. The van der Waals surface area contributed by atoms with E-state index < -0.39 is 23.7 Å². The zero-order valence-corrected chi connectivity index (χ0v) is 9.42. The number of aromatic hydroxyl groups is 1. The molecule has 1 aromatic carbocycles. The third kappa shape index (κ3) is 2.65. The minimum absolute atomic E-state index is 0.0676. The van der Waals surface area contributed by atoms with Crippen LogP contribution in [0.3, 0.4) is 0 Å². The molecule has 0 aliphatic rings. The molecule has 2 rings (SSSR count). The molecule has 1 heterocycles. The SMILES string of the molecule is O=C(O)c1cnc(-c2cccc(O)c2)nc1C(F)F. The van der Waals surface area contributed by atoms with Gasteiger partial charge in [-0.25, -0.2) is 23.5 Å². The molecule has 0 amide bonds. The maximum absolute atomic E-state index is 12.8. The molecule has 2 aromatic rings. The van der Waals surface area contributed by atoms with E-state index in [2.05, 4.69) is 9.97 Å². The number of carboxylic acid groups (broad SMARTS) is 1. The summed E-state index contributed by atoms with van der Waals surface area (Å²) in [6.07, 6.45) is -2.19. The van der Waals surface area contributed by atoms with Gasteiger partial charge in [0.2, 0.25) is 0 Å². The minimum Gasteiger partial charge on any atom is -0.508 e. The number of aromatic nitrogens is 2. The number of aromatic carboxylic acids is 1. The summed E-state index contributed by atoms with van der Waals surface area (Å²) in [6, 6.07) is 5.72. The Hall–Kier alpha value is -2.57. The molecule has 0 aliphatic carbocycles. The second-order valence-electron chi connectivity index (χ2n) is 3.65. The molecule has 0 saturated carbocycles. The van der Waals surface area contributed by atoms with Crippen molar-refractivity contribution in [2.24, 2.45) is 0 Å². The van der Waals surface area contributed by atoms with Crippen molar-refractivity contribution in [1.82, 2.24) is 9.97 Å². The Morgan fingerprint density at radius 3 is 2.63 bits per heavy atom. The predicted molar refractivity (Wildman–Crippen MR) is 61.0 cm³/mol. The number of rotatable bonds is 3. The van der Waals surface area contributed by atoms with Gasteiger partial charge in [-0.05, 0) is 12.1 Å². The maximum Gasteiger partial charge on any atom is 0.339 e. The molecular formula is C12H8F2N2O3. The number of phenols is 1. The molecule has 1 aromatic heterocycles. The van der Waals surface area contributed by atoms with Gasteiger partial charge in [-0.2, -0.15) is 0 Å². The normalized spacial score (nSPS) is 10.7. The Balaban J connectivity index is 2.55. The van der Waals surface area contributed by atoms with E-state index in [1.165, 1.54) is 24.3 Å². The number of benzene rings is 1. The Labute approximate surface area is 106 Å². The highest BCUT2D eigenvalue weighted by molar-refractivity contribution is 5.88. The highest BCUT2D eigenvalue weighted by Gasteiger charge is 2.21. The Morgan fingerprint density at radius 2 is 2.05 bits per heavy atom. The first-order valence-electron chi connectivity index (χ1n) is 5.17. The number of alkyl halides is 2. The Morgan fingerprint density at radius 1 is 1.32 bits per heavy atom. The fourth-order valence-electron chi connectivity index (χ4n) is 1.51. The number of phenolic OH excluding ortho intramolecular Hbond substituents is 1. The first-order valence-corrected chi connectivity index (χ1v) is 5.17. The van der Waals surface area contributed by atoms with E-state index in [4.69, 9.17) is 5.11 Å². The standard InChI is InChI=1S/C12H8F2N2O3/c13-10(14)9-8(12(18)19)5-15-11(16-9)6-2-1-3-7(17)4-6/h1-5,10,17H,(H,18,19). The minimum atomic E-state index is -3.02. The van der Waals surface area contributed by atoms with Gasteiger partial charge in [0.25, 0.3) is 6.43 Å². The van der Waals surface area contributed by atoms with Crippen molar-refractivity contribution in [1.29, 1.82) is 0 Å². The summed E-state index contributed by atoms with van der Waals surface area (Å²) in [5.74, 6) is -1.66. The number of carboxylic acids is 1. The Kier molecular flexibility index (Phi) is 3.37. The lowest BCUT2D eigenvalue weighted by Crippen LogP contribution is -2.07. The van der Waals surface area contributed by atoms with Crippen LogP contribution in [0.5, 0.6) is 5.75 Å². The van der Waals surface area contributed by atoms with Crippen molar-refractivity contribution in [2.45, 2.75) is 6.43 Å². The molecule has 0 atom stereocenters. The largest absolute Gasteiger partial charge is 0.508 e. The molecule has 7 heteroatoms. The molecule has 5 nitrogen and oxygen atoms in total. The predicted octanol–water partition coefficient (Wildman–Crippen LogP) is 2.49. The molecule has 0 radical (unpaired) electrons. The van der Waals surface area contributed by atoms with Gasteiger partial charge < -0.3 is 10.2 Å². The van der Waals surface area contributed by atoms with E-state index >= 15 is 0 Å². The summed E-state index contributed by atoms with van der Waals surface area (Å²) < 4.78 is 25.5. The van der Waals surface area contributed by atoms with Gasteiger partial charge in [-0.15, -0.1) is 0 Å². The van der Waals surface area contributed by atoms with E-state index in [0.29, 0.717) is 5.56 Å². The molecule has 19 heavy (non-hydrogen) atoms. The van der Waals surface area contributed by atoms with Gasteiger partial charge in [0.15, 0.2) is 5.82 Å². The number of hydrogen-bond acceptors (Lipinski definition) is 4. The van der Waals surface area contributed by atoms with Crippen molar-refractivity contribution in [2.75, 3.05) is 0 Å². The van der Waals surface area contributed by atoms with Crippen LogP contribution in [-0.4, -0.2) is 26.2 Å². The van der Waals surface area contributed by atoms with E-state index in [1.54, 1.807) is 0 Å². The van der Waals surface area contributed by atoms with Gasteiger partial charge in [-0.1, -0.05) is 12.1 Å². The van der Waals surface area contributed by atoms with Crippen molar-refractivity contribution >= 4 is 5.97 Å². The molecule has 0 bridgehead atoms. The molecule has 0 aliphatic heterocycles. The van der Waals surface area contributed by atoms with Crippen molar-refractivity contribution in [3.05, 3.63) is 41.7 Å². The van der Waals surface area contributed by atoms with Crippen LogP contribution in [0.15, 0.2) is 30.5 Å². The third-order valence-corrected chi connectivity index (χ3v) is 2.36. The van der Waals surface area contributed by atoms with Gasteiger partial charge in [0.05, 0.1) is 0 Å². The summed E-state index contributed by atoms with van der Waals surface area (Å²) in [4.78, 5) is 18.0. The second kappa shape index (κ2) is 4.97. The molecule has 0 fully saturated rings. The zero-order chi connectivity index (χ0) is 14.0. The van der Waals surface area contributed by atoms with E-state index in [1.807, 2.05) is 0 Å². The van der Waals surface area contributed by atoms with Crippen molar-refractivity contribution in [3.8, 4) is 17.1 Å². The fourth-order valence-corrected chi connectivity index (χ4v) is 1.51. The molecule has 0 saturated heterocycles. The smallest absolute Gasteiger partial charge is 0.339 e. The summed E-state index contributed by atoms with van der Waals surface area (Å²) >= 11 is 0. The van der Waals surface area contributed by atoms with Gasteiger partial charge >= 0.3 is 5.97 Å². The second-order valence-corrected chi connectivity index (χ2v) is 3.65. The number of halogens is 2. The number of carbonyl (C=O) groups is 1. The van der Waals surface area contributed by atoms with Gasteiger partial charge in [0, 0.05) is 11.8 Å². The third-order valence-electron chi connectivity index (χ3n) is 2.36. The van der Waals surface area contributed by atoms with E-state index in [0.717, 1.165) is 6.20 Å². The van der Waals surface area contributed by atoms with Gasteiger partial charge in [-0.3, -0.25) is 0 Å². The molecule has 98 valence electrons. The van der Waals surface area contributed by atoms with E-state index in [-0.39, 0.29) is 11.6 Å². The van der Waals surface area contributed by atoms with Crippen LogP contribution >= 0.6 is 0 Å². The highest BCUT2D eigenvalue weighted by Crippen LogP contribution is 2.25. The monoisotopic (exact) mass is 266 g/mol.